The molecule has 0 saturated carbocycles. The van der Waals surface area contributed by atoms with Crippen molar-refractivity contribution in [1.29, 1.82) is 0 Å². The molecule has 0 saturated heterocycles. The molecule has 0 aliphatic heterocycles. The first kappa shape index (κ1) is 45.8. The quantitative estimate of drug-likeness (QED) is 0.0519. The molecule has 52 heavy (non-hydrogen) atoms. The summed E-state index contributed by atoms with van der Waals surface area (Å²) in [5.74, 6) is -0.714. The average molecular weight is 721 g/mol. The average Bonchev–Trinajstić information content (AvgIpc) is 3.16. The number of fused-ring (bicyclic) bond motifs is 1. The molecule has 0 atom stereocenters. The molecule has 0 unspecified atom stereocenters. The monoisotopic (exact) mass is 721 g/mol. The van der Waals surface area contributed by atoms with E-state index in [1.807, 2.05) is 24.3 Å². The minimum atomic E-state index is -0.357. The smallest absolute Gasteiger partial charge is 0.338 e. The molecule has 0 N–H and O–H groups in total. The van der Waals surface area contributed by atoms with Crippen LogP contribution in [0, 0.1) is 0 Å². The van der Waals surface area contributed by atoms with E-state index in [9.17, 15) is 9.59 Å². The molecule has 2 aromatic carbocycles. The number of hydrogen-bond donors (Lipinski definition) is 0. The fraction of sp³-hybridized carbons (Fsp3) is 0.750. The van der Waals surface area contributed by atoms with Crippen molar-refractivity contribution in [3.8, 4) is 0 Å². The Kier molecular flexibility index (Phi) is 29.3. The Morgan fingerprint density at radius 2 is 0.615 bits per heavy atom. The standard InChI is InChI=1S/C48H80O4/c1-3-5-7-9-11-13-15-17-19-20-21-22-24-26-28-30-32-34-42-52-48(50)45-40-36-38-43-37-35-39-44(46(43)45)47(49)51-41-33-31-29-27-25-23-18-16-14-12-10-8-6-4-2/h35-40H,3-34,41-42H2,1-2H3. The highest BCUT2D eigenvalue weighted by Crippen LogP contribution is 2.25. The second-order valence-corrected chi connectivity index (χ2v) is 15.6. The highest BCUT2D eigenvalue weighted by Gasteiger charge is 2.19. The van der Waals surface area contributed by atoms with Crippen molar-refractivity contribution in [3.05, 3.63) is 47.5 Å². The lowest BCUT2D eigenvalue weighted by Crippen LogP contribution is -2.11. The molecule has 0 bridgehead atoms. The fourth-order valence-corrected chi connectivity index (χ4v) is 7.47. The highest BCUT2D eigenvalue weighted by atomic mass is 16.5. The van der Waals surface area contributed by atoms with Gasteiger partial charge >= 0.3 is 11.9 Å². The van der Waals surface area contributed by atoms with Crippen LogP contribution in [0.3, 0.4) is 0 Å². The van der Waals surface area contributed by atoms with E-state index in [1.165, 1.54) is 180 Å². The van der Waals surface area contributed by atoms with E-state index in [2.05, 4.69) is 13.8 Å². The molecular weight excluding hydrogens is 641 g/mol. The van der Waals surface area contributed by atoms with Crippen LogP contribution in [-0.2, 0) is 9.47 Å². The summed E-state index contributed by atoms with van der Waals surface area (Å²) in [6.07, 6.45) is 42.1. The maximum atomic E-state index is 13.1. The van der Waals surface area contributed by atoms with Crippen LogP contribution in [0.2, 0.25) is 0 Å². The zero-order chi connectivity index (χ0) is 37.2. The van der Waals surface area contributed by atoms with E-state index in [1.54, 1.807) is 12.1 Å². The Bertz CT molecular complexity index is 1140. The summed E-state index contributed by atoms with van der Waals surface area (Å²) in [7, 11) is 0. The van der Waals surface area contributed by atoms with Crippen LogP contribution in [0.1, 0.15) is 240 Å². The van der Waals surface area contributed by atoms with Gasteiger partial charge in [-0.2, -0.15) is 0 Å². The molecule has 0 aromatic heterocycles. The van der Waals surface area contributed by atoms with E-state index in [4.69, 9.17) is 9.47 Å². The molecule has 0 heterocycles. The van der Waals surface area contributed by atoms with Crippen molar-refractivity contribution in [3.63, 3.8) is 0 Å². The van der Waals surface area contributed by atoms with Gasteiger partial charge in [0, 0.05) is 5.39 Å². The van der Waals surface area contributed by atoms with Gasteiger partial charge in [-0.15, -0.1) is 0 Å². The molecule has 0 fully saturated rings. The Hall–Kier alpha value is -2.36. The van der Waals surface area contributed by atoms with Crippen LogP contribution in [-0.4, -0.2) is 25.2 Å². The van der Waals surface area contributed by atoms with Gasteiger partial charge in [0.25, 0.3) is 0 Å². The maximum Gasteiger partial charge on any atom is 0.338 e. The zero-order valence-electron chi connectivity index (χ0n) is 34.1. The molecule has 2 rings (SSSR count). The third-order valence-corrected chi connectivity index (χ3v) is 10.8. The van der Waals surface area contributed by atoms with Crippen LogP contribution < -0.4 is 0 Å². The summed E-state index contributed by atoms with van der Waals surface area (Å²) in [4.78, 5) is 26.3. The van der Waals surface area contributed by atoms with Gasteiger partial charge in [-0.05, 0) is 30.4 Å². The van der Waals surface area contributed by atoms with E-state index >= 15 is 0 Å². The number of carbonyl (C=O) groups excluding carboxylic acids is 2. The summed E-state index contributed by atoms with van der Waals surface area (Å²) in [6, 6.07) is 11.1. The fourth-order valence-electron chi connectivity index (χ4n) is 7.47. The lowest BCUT2D eigenvalue weighted by Gasteiger charge is -2.12. The summed E-state index contributed by atoms with van der Waals surface area (Å²) in [5, 5.41) is 1.49. The van der Waals surface area contributed by atoms with Crippen LogP contribution in [0.25, 0.3) is 10.8 Å². The van der Waals surface area contributed by atoms with Crippen LogP contribution in [0.4, 0.5) is 0 Å². The molecule has 0 aliphatic carbocycles. The first-order valence-electron chi connectivity index (χ1n) is 22.5. The lowest BCUT2D eigenvalue weighted by molar-refractivity contribution is 0.0498. The minimum Gasteiger partial charge on any atom is -0.462 e. The Balaban J connectivity index is 1.53. The van der Waals surface area contributed by atoms with Gasteiger partial charge in [0.15, 0.2) is 0 Å². The SMILES string of the molecule is CCCCCCCCCCCCCCCCCCCCOC(=O)c1cccc2cccc(C(=O)OCCCCCCCCCCCCCCCC)c12. The summed E-state index contributed by atoms with van der Waals surface area (Å²) in [6.45, 7) is 5.39. The predicted molar refractivity (Wildman–Crippen MR) is 224 cm³/mol. The number of carbonyl (C=O) groups is 2. The van der Waals surface area contributed by atoms with Crippen molar-refractivity contribution < 1.29 is 19.1 Å². The van der Waals surface area contributed by atoms with Crippen molar-refractivity contribution >= 4 is 22.7 Å². The Morgan fingerprint density at radius 1 is 0.365 bits per heavy atom. The summed E-state index contributed by atoms with van der Waals surface area (Å²) >= 11 is 0. The van der Waals surface area contributed by atoms with Crippen molar-refractivity contribution in [2.24, 2.45) is 0 Å². The first-order chi connectivity index (χ1) is 25.7. The normalized spacial score (nSPS) is 11.3. The molecule has 2 aromatic rings. The summed E-state index contributed by atoms with van der Waals surface area (Å²) < 4.78 is 11.4. The Labute approximate surface area is 321 Å². The number of unbranched alkanes of at least 4 members (excludes halogenated alkanes) is 30. The summed E-state index contributed by atoms with van der Waals surface area (Å²) in [5.41, 5.74) is 0.896. The van der Waals surface area contributed by atoms with Gasteiger partial charge in [-0.1, -0.05) is 231 Å². The number of ether oxygens (including phenoxy) is 2. The maximum absolute atomic E-state index is 13.1. The minimum absolute atomic E-state index is 0.357. The van der Waals surface area contributed by atoms with E-state index in [0.29, 0.717) is 29.7 Å². The number of hydrogen-bond acceptors (Lipinski definition) is 4. The van der Waals surface area contributed by atoms with Crippen molar-refractivity contribution in [2.45, 2.75) is 219 Å². The largest absolute Gasteiger partial charge is 0.462 e. The van der Waals surface area contributed by atoms with E-state index < -0.39 is 0 Å². The van der Waals surface area contributed by atoms with Crippen LogP contribution >= 0.6 is 0 Å². The number of esters is 2. The van der Waals surface area contributed by atoms with Gasteiger partial charge in [0.05, 0.1) is 24.3 Å². The van der Waals surface area contributed by atoms with Crippen molar-refractivity contribution in [2.75, 3.05) is 13.2 Å². The molecule has 0 aliphatic rings. The Morgan fingerprint density at radius 3 is 0.885 bits per heavy atom. The molecule has 0 amide bonds. The zero-order valence-corrected chi connectivity index (χ0v) is 34.1. The molecule has 4 heteroatoms. The molecule has 296 valence electrons. The number of rotatable bonds is 36. The van der Waals surface area contributed by atoms with Gasteiger partial charge in [0.1, 0.15) is 0 Å². The molecule has 0 radical (unpaired) electrons. The lowest BCUT2D eigenvalue weighted by atomic mass is 9.99. The predicted octanol–water partition coefficient (Wildman–Crippen LogP) is 15.7. The topological polar surface area (TPSA) is 52.6 Å². The second-order valence-electron chi connectivity index (χ2n) is 15.6. The third kappa shape index (κ3) is 22.7. The molecule has 4 nitrogen and oxygen atoms in total. The highest BCUT2D eigenvalue weighted by molar-refractivity contribution is 6.13. The van der Waals surface area contributed by atoms with Gasteiger partial charge in [0.2, 0.25) is 0 Å². The van der Waals surface area contributed by atoms with Gasteiger partial charge < -0.3 is 9.47 Å². The van der Waals surface area contributed by atoms with E-state index in [0.717, 1.165) is 31.1 Å². The van der Waals surface area contributed by atoms with Gasteiger partial charge in [-0.25, -0.2) is 9.59 Å². The van der Waals surface area contributed by atoms with E-state index in [-0.39, 0.29) is 11.9 Å². The second kappa shape index (κ2) is 33.2. The van der Waals surface area contributed by atoms with Crippen LogP contribution in [0.15, 0.2) is 36.4 Å². The van der Waals surface area contributed by atoms with Gasteiger partial charge in [-0.3, -0.25) is 0 Å². The number of benzene rings is 2. The molecule has 0 spiro atoms. The first-order valence-corrected chi connectivity index (χ1v) is 22.5. The van der Waals surface area contributed by atoms with Crippen molar-refractivity contribution in [1.82, 2.24) is 0 Å². The molecular formula is C48H80O4. The van der Waals surface area contributed by atoms with Crippen LogP contribution in [0.5, 0.6) is 0 Å². The third-order valence-electron chi connectivity index (χ3n) is 10.8.